The zero-order chi connectivity index (χ0) is 15.7. The van der Waals surface area contributed by atoms with Gasteiger partial charge in [-0.1, -0.05) is 0 Å². The van der Waals surface area contributed by atoms with Gasteiger partial charge in [-0.05, 0) is 55.1 Å². The lowest BCUT2D eigenvalue weighted by Gasteiger charge is -2.48. The van der Waals surface area contributed by atoms with Gasteiger partial charge < -0.3 is 9.64 Å². The quantitative estimate of drug-likeness (QED) is 0.792. The summed E-state index contributed by atoms with van der Waals surface area (Å²) in [7, 11) is 4.47. The Labute approximate surface area is 131 Å². The van der Waals surface area contributed by atoms with Gasteiger partial charge >= 0.3 is 0 Å². The van der Waals surface area contributed by atoms with E-state index in [2.05, 4.69) is 63.4 Å². The Morgan fingerprint density at radius 2 is 1.57 bits per heavy atom. The molecule has 0 saturated carbocycles. The lowest BCUT2D eigenvalue weighted by atomic mass is 9.96. The summed E-state index contributed by atoms with van der Waals surface area (Å²) >= 11 is 0. The first-order valence-electron chi connectivity index (χ1n) is 8.60. The van der Waals surface area contributed by atoms with Gasteiger partial charge in [-0.2, -0.15) is 0 Å². The van der Waals surface area contributed by atoms with Crippen molar-refractivity contribution in [2.24, 2.45) is 0 Å². The van der Waals surface area contributed by atoms with Gasteiger partial charge in [0, 0.05) is 43.3 Å². The molecule has 0 N–H and O–H groups in total. The SMILES string of the molecule is CC1COC(CC(C)N2C(C)CN(C)CC2C)C(C)N1C. The molecule has 2 rings (SSSR count). The van der Waals surface area contributed by atoms with Crippen LogP contribution in [0.2, 0.25) is 0 Å². The highest BCUT2D eigenvalue weighted by Crippen LogP contribution is 2.25. The fourth-order valence-corrected chi connectivity index (χ4v) is 4.37. The van der Waals surface area contributed by atoms with E-state index in [-0.39, 0.29) is 0 Å². The molecule has 2 aliphatic heterocycles. The molecule has 0 aromatic carbocycles. The summed E-state index contributed by atoms with van der Waals surface area (Å²) in [4.78, 5) is 7.62. The average Bonchev–Trinajstić information content (AvgIpc) is 2.38. The molecule has 6 atom stereocenters. The van der Waals surface area contributed by atoms with Gasteiger partial charge in [0.25, 0.3) is 0 Å². The molecular weight excluding hydrogens is 262 g/mol. The van der Waals surface area contributed by atoms with Crippen molar-refractivity contribution in [1.82, 2.24) is 14.7 Å². The Kier molecular flexibility index (Phi) is 5.69. The fourth-order valence-electron chi connectivity index (χ4n) is 4.37. The number of rotatable bonds is 3. The monoisotopic (exact) mass is 297 g/mol. The molecule has 2 aliphatic rings. The molecule has 4 heteroatoms. The second kappa shape index (κ2) is 6.95. The average molecular weight is 297 g/mol. The Bertz CT molecular complexity index is 326. The molecule has 0 amide bonds. The molecule has 4 nitrogen and oxygen atoms in total. The van der Waals surface area contributed by atoms with Crippen LogP contribution in [0.25, 0.3) is 0 Å². The molecule has 0 aromatic heterocycles. The minimum atomic E-state index is 0.361. The number of morpholine rings is 1. The number of nitrogens with zero attached hydrogens (tertiary/aromatic N) is 3. The summed E-state index contributed by atoms with van der Waals surface area (Å²) in [6, 6.07) is 2.88. The van der Waals surface area contributed by atoms with E-state index in [1.165, 1.54) is 13.1 Å². The van der Waals surface area contributed by atoms with Gasteiger partial charge in [-0.15, -0.1) is 0 Å². The Balaban J connectivity index is 1.96. The van der Waals surface area contributed by atoms with Crippen molar-refractivity contribution in [3.8, 4) is 0 Å². The van der Waals surface area contributed by atoms with Crippen LogP contribution in [0.15, 0.2) is 0 Å². The van der Waals surface area contributed by atoms with Crippen LogP contribution in [0.3, 0.4) is 0 Å². The van der Waals surface area contributed by atoms with Crippen LogP contribution in [-0.2, 0) is 4.74 Å². The van der Waals surface area contributed by atoms with Gasteiger partial charge in [0.15, 0.2) is 0 Å². The normalized spacial score (nSPS) is 42.1. The Morgan fingerprint density at radius 3 is 2.14 bits per heavy atom. The second-order valence-electron chi connectivity index (χ2n) is 7.58. The summed E-state index contributed by atoms with van der Waals surface area (Å²) in [6.45, 7) is 14.9. The molecule has 21 heavy (non-hydrogen) atoms. The maximum atomic E-state index is 6.15. The molecule has 0 radical (unpaired) electrons. The summed E-state index contributed by atoms with van der Waals surface area (Å²) in [6.07, 6.45) is 1.50. The molecular formula is C17H35N3O. The maximum Gasteiger partial charge on any atom is 0.0743 e. The van der Waals surface area contributed by atoms with Gasteiger partial charge in [0.05, 0.1) is 12.7 Å². The van der Waals surface area contributed by atoms with E-state index in [0.717, 1.165) is 13.0 Å². The van der Waals surface area contributed by atoms with E-state index in [1.807, 2.05) is 0 Å². The first kappa shape index (κ1) is 17.2. The van der Waals surface area contributed by atoms with Crippen LogP contribution in [0, 0.1) is 0 Å². The van der Waals surface area contributed by atoms with Crippen molar-refractivity contribution in [1.29, 1.82) is 0 Å². The number of piperazine rings is 1. The second-order valence-corrected chi connectivity index (χ2v) is 7.58. The van der Waals surface area contributed by atoms with Crippen molar-refractivity contribution < 1.29 is 4.74 Å². The lowest BCUT2D eigenvalue weighted by Crippen LogP contribution is -2.60. The summed E-state index contributed by atoms with van der Waals surface area (Å²) in [5.74, 6) is 0. The van der Waals surface area contributed by atoms with Crippen molar-refractivity contribution in [2.75, 3.05) is 33.8 Å². The standard InChI is InChI=1S/C17H35N3O/c1-12(20-13(2)9-18(6)10-14(20)3)8-17-16(5)19(7)15(4)11-21-17/h12-17H,8-11H2,1-7H3. The molecule has 0 bridgehead atoms. The smallest absolute Gasteiger partial charge is 0.0743 e. The van der Waals surface area contributed by atoms with E-state index >= 15 is 0 Å². The highest BCUT2D eigenvalue weighted by molar-refractivity contribution is 4.91. The third-order valence-electron chi connectivity index (χ3n) is 5.68. The van der Waals surface area contributed by atoms with Gasteiger partial charge in [-0.3, -0.25) is 9.80 Å². The lowest BCUT2D eigenvalue weighted by molar-refractivity contribution is -0.0994. The van der Waals surface area contributed by atoms with E-state index in [0.29, 0.717) is 36.3 Å². The summed E-state index contributed by atoms with van der Waals surface area (Å²) < 4.78 is 6.15. The number of likely N-dealkylation sites (N-methyl/N-ethyl adjacent to an activating group) is 2. The third-order valence-corrected chi connectivity index (χ3v) is 5.68. The van der Waals surface area contributed by atoms with E-state index < -0.39 is 0 Å². The number of hydrogen-bond acceptors (Lipinski definition) is 4. The number of ether oxygens (including phenoxy) is 1. The van der Waals surface area contributed by atoms with Crippen LogP contribution in [0.4, 0.5) is 0 Å². The first-order valence-corrected chi connectivity index (χ1v) is 8.60. The highest BCUT2D eigenvalue weighted by Gasteiger charge is 2.36. The van der Waals surface area contributed by atoms with Crippen LogP contribution in [-0.4, -0.2) is 84.8 Å². The van der Waals surface area contributed by atoms with Crippen LogP contribution in [0.1, 0.15) is 41.0 Å². The number of hydrogen-bond donors (Lipinski definition) is 0. The van der Waals surface area contributed by atoms with E-state index in [4.69, 9.17) is 4.74 Å². The third kappa shape index (κ3) is 3.79. The van der Waals surface area contributed by atoms with Gasteiger partial charge in [-0.25, -0.2) is 0 Å². The molecule has 0 spiro atoms. The van der Waals surface area contributed by atoms with Gasteiger partial charge in [0.2, 0.25) is 0 Å². The highest BCUT2D eigenvalue weighted by atomic mass is 16.5. The predicted octanol–water partition coefficient (Wildman–Crippen LogP) is 1.90. The Hall–Kier alpha value is -0.160. The Morgan fingerprint density at radius 1 is 1.00 bits per heavy atom. The molecule has 0 aromatic rings. The van der Waals surface area contributed by atoms with Gasteiger partial charge in [0.1, 0.15) is 0 Å². The van der Waals surface area contributed by atoms with Crippen LogP contribution >= 0.6 is 0 Å². The predicted molar refractivity (Wildman–Crippen MR) is 88.8 cm³/mol. The minimum absolute atomic E-state index is 0.361. The molecule has 124 valence electrons. The molecule has 2 heterocycles. The van der Waals surface area contributed by atoms with Crippen LogP contribution < -0.4 is 0 Å². The van der Waals surface area contributed by atoms with E-state index in [9.17, 15) is 0 Å². The topological polar surface area (TPSA) is 19.0 Å². The molecule has 6 unspecified atom stereocenters. The zero-order valence-corrected chi connectivity index (χ0v) is 15.0. The van der Waals surface area contributed by atoms with Crippen molar-refractivity contribution in [2.45, 2.75) is 77.4 Å². The van der Waals surface area contributed by atoms with Crippen molar-refractivity contribution in [3.05, 3.63) is 0 Å². The van der Waals surface area contributed by atoms with E-state index in [1.54, 1.807) is 0 Å². The largest absolute Gasteiger partial charge is 0.375 e. The summed E-state index contributed by atoms with van der Waals surface area (Å²) in [5.41, 5.74) is 0. The van der Waals surface area contributed by atoms with Crippen molar-refractivity contribution >= 4 is 0 Å². The zero-order valence-electron chi connectivity index (χ0n) is 15.0. The van der Waals surface area contributed by atoms with Crippen LogP contribution in [0.5, 0.6) is 0 Å². The summed E-state index contributed by atoms with van der Waals surface area (Å²) in [5, 5.41) is 0. The molecule has 0 aliphatic carbocycles. The fraction of sp³-hybridized carbons (Fsp3) is 1.00. The minimum Gasteiger partial charge on any atom is -0.375 e. The molecule has 2 fully saturated rings. The maximum absolute atomic E-state index is 6.15. The first-order chi connectivity index (χ1) is 9.81. The molecule has 2 saturated heterocycles. The van der Waals surface area contributed by atoms with Crippen molar-refractivity contribution in [3.63, 3.8) is 0 Å².